The van der Waals surface area contributed by atoms with E-state index in [2.05, 4.69) is 24.1 Å². The minimum absolute atomic E-state index is 0.0425. The number of benzene rings is 1. The van der Waals surface area contributed by atoms with E-state index < -0.39 is 11.7 Å². The van der Waals surface area contributed by atoms with Crippen molar-refractivity contribution in [2.45, 2.75) is 25.9 Å². The van der Waals surface area contributed by atoms with Crippen LogP contribution in [0.15, 0.2) is 12.1 Å². The number of amides is 1. The molecule has 1 amide bonds. The number of rotatable bonds is 4. The molecule has 1 heterocycles. The van der Waals surface area contributed by atoms with Crippen molar-refractivity contribution >= 4 is 11.6 Å². The maximum absolute atomic E-state index is 13.8. The molecule has 1 saturated heterocycles. The summed E-state index contributed by atoms with van der Waals surface area (Å²) in [5.74, 6) is -0.774. The van der Waals surface area contributed by atoms with Gasteiger partial charge in [0.1, 0.15) is 11.6 Å². The van der Waals surface area contributed by atoms with E-state index in [0.717, 1.165) is 19.2 Å². The fourth-order valence-electron chi connectivity index (χ4n) is 2.21. The molecule has 0 aliphatic carbocycles. The fourth-order valence-corrected chi connectivity index (χ4v) is 2.21. The van der Waals surface area contributed by atoms with Gasteiger partial charge in [0, 0.05) is 25.2 Å². The van der Waals surface area contributed by atoms with Crippen molar-refractivity contribution in [2.75, 3.05) is 25.9 Å². The largest absolute Gasteiger partial charge is 0.495 e. The number of anilines is 1. The lowest BCUT2D eigenvalue weighted by Gasteiger charge is -2.42. The van der Waals surface area contributed by atoms with Crippen molar-refractivity contribution in [3.05, 3.63) is 23.5 Å². The Morgan fingerprint density at radius 1 is 1.50 bits per heavy atom. The summed E-state index contributed by atoms with van der Waals surface area (Å²) < 4.78 is 18.8. The van der Waals surface area contributed by atoms with E-state index in [1.54, 1.807) is 0 Å². The molecule has 0 radical (unpaired) electrons. The van der Waals surface area contributed by atoms with Crippen LogP contribution < -0.4 is 15.8 Å². The summed E-state index contributed by atoms with van der Waals surface area (Å²) in [4.78, 5) is 14.3. The first-order valence-corrected chi connectivity index (χ1v) is 6.60. The molecular formula is C14H20FN3O2. The number of methoxy groups -OCH3 is 1. The molecule has 0 unspecified atom stereocenters. The van der Waals surface area contributed by atoms with Crippen LogP contribution in [0, 0.1) is 5.82 Å². The molecule has 20 heavy (non-hydrogen) atoms. The molecule has 5 nitrogen and oxygen atoms in total. The van der Waals surface area contributed by atoms with Crippen LogP contribution in [0.5, 0.6) is 5.75 Å². The highest BCUT2D eigenvalue weighted by Crippen LogP contribution is 2.25. The van der Waals surface area contributed by atoms with Crippen molar-refractivity contribution in [3.8, 4) is 5.75 Å². The Morgan fingerprint density at radius 3 is 2.70 bits per heavy atom. The molecule has 3 N–H and O–H groups in total. The number of nitrogens with one attached hydrogen (secondary N) is 1. The standard InChI is InChI=1S/C14H20FN3O2/c1-8(2)18-6-9(7-18)17-14(19)10-4-13(20-3)12(16)5-11(10)15/h4-5,8-9H,6-7,16H2,1-3H3,(H,17,19). The van der Waals surface area contributed by atoms with Crippen LogP contribution in [0.3, 0.4) is 0 Å². The summed E-state index contributed by atoms with van der Waals surface area (Å²) >= 11 is 0. The maximum atomic E-state index is 13.8. The van der Waals surface area contributed by atoms with Crippen molar-refractivity contribution in [2.24, 2.45) is 0 Å². The van der Waals surface area contributed by atoms with Crippen LogP contribution in [0.4, 0.5) is 10.1 Å². The van der Waals surface area contributed by atoms with Gasteiger partial charge in [0.25, 0.3) is 5.91 Å². The van der Waals surface area contributed by atoms with Crippen molar-refractivity contribution in [1.29, 1.82) is 0 Å². The van der Waals surface area contributed by atoms with Gasteiger partial charge >= 0.3 is 0 Å². The average Bonchev–Trinajstić information content (AvgIpc) is 2.32. The molecule has 2 rings (SSSR count). The first kappa shape index (κ1) is 14.6. The van der Waals surface area contributed by atoms with E-state index in [-0.39, 0.29) is 17.3 Å². The lowest BCUT2D eigenvalue weighted by atomic mass is 10.1. The Hall–Kier alpha value is -1.82. The summed E-state index contributed by atoms with van der Waals surface area (Å²) in [7, 11) is 1.43. The predicted molar refractivity (Wildman–Crippen MR) is 75.3 cm³/mol. The number of hydrogen-bond acceptors (Lipinski definition) is 4. The Balaban J connectivity index is 2.03. The first-order chi connectivity index (χ1) is 9.42. The van der Waals surface area contributed by atoms with Gasteiger partial charge in [0.15, 0.2) is 0 Å². The molecule has 0 spiro atoms. The molecule has 1 aromatic carbocycles. The van der Waals surface area contributed by atoms with E-state index in [4.69, 9.17) is 10.5 Å². The third-order valence-corrected chi connectivity index (χ3v) is 3.54. The molecular weight excluding hydrogens is 261 g/mol. The second-order valence-electron chi connectivity index (χ2n) is 5.29. The van der Waals surface area contributed by atoms with Gasteiger partial charge in [-0.15, -0.1) is 0 Å². The number of nitrogens with zero attached hydrogens (tertiary/aromatic N) is 1. The van der Waals surface area contributed by atoms with Crippen molar-refractivity contribution in [3.63, 3.8) is 0 Å². The topological polar surface area (TPSA) is 67.6 Å². The Bertz CT molecular complexity index is 513. The molecule has 1 aromatic rings. The summed E-state index contributed by atoms with van der Waals surface area (Å²) in [6.07, 6.45) is 0. The van der Waals surface area contributed by atoms with Gasteiger partial charge in [-0.25, -0.2) is 4.39 Å². The minimum Gasteiger partial charge on any atom is -0.495 e. The average molecular weight is 281 g/mol. The lowest BCUT2D eigenvalue weighted by molar-refractivity contribution is 0.0710. The second-order valence-corrected chi connectivity index (χ2v) is 5.29. The number of halogens is 1. The molecule has 110 valence electrons. The zero-order chi connectivity index (χ0) is 14.9. The highest BCUT2D eigenvalue weighted by molar-refractivity contribution is 5.95. The monoisotopic (exact) mass is 281 g/mol. The van der Waals surface area contributed by atoms with Crippen LogP contribution >= 0.6 is 0 Å². The smallest absolute Gasteiger partial charge is 0.254 e. The summed E-state index contributed by atoms with van der Waals surface area (Å²) in [6.45, 7) is 5.78. The quantitative estimate of drug-likeness (QED) is 0.815. The molecule has 0 saturated carbocycles. The molecule has 1 aliphatic heterocycles. The summed E-state index contributed by atoms with van der Waals surface area (Å²) in [6, 6.07) is 2.96. The van der Waals surface area contributed by atoms with Gasteiger partial charge in [-0.1, -0.05) is 0 Å². The Morgan fingerprint density at radius 2 is 2.15 bits per heavy atom. The van der Waals surface area contributed by atoms with Gasteiger partial charge in [0.2, 0.25) is 0 Å². The zero-order valence-electron chi connectivity index (χ0n) is 11.9. The van der Waals surface area contributed by atoms with E-state index in [0.29, 0.717) is 11.8 Å². The molecule has 0 aromatic heterocycles. The number of nitrogens with two attached hydrogens (primary N) is 1. The van der Waals surface area contributed by atoms with Crippen LogP contribution in [-0.2, 0) is 0 Å². The SMILES string of the molecule is COc1cc(C(=O)NC2CN(C(C)C)C2)c(F)cc1N. The van der Waals surface area contributed by atoms with Crippen LogP contribution in [0.1, 0.15) is 24.2 Å². The number of ether oxygens (including phenoxy) is 1. The van der Waals surface area contributed by atoms with Gasteiger partial charge < -0.3 is 15.8 Å². The lowest BCUT2D eigenvalue weighted by Crippen LogP contribution is -2.61. The normalized spacial score (nSPS) is 16.1. The summed E-state index contributed by atoms with van der Waals surface area (Å²) in [5, 5.41) is 2.81. The molecule has 1 fully saturated rings. The number of likely N-dealkylation sites (tertiary alicyclic amines) is 1. The third kappa shape index (κ3) is 2.85. The third-order valence-electron chi connectivity index (χ3n) is 3.54. The Labute approximate surface area is 117 Å². The van der Waals surface area contributed by atoms with E-state index in [1.807, 2.05) is 0 Å². The van der Waals surface area contributed by atoms with Gasteiger partial charge in [-0.05, 0) is 19.9 Å². The molecule has 1 aliphatic rings. The minimum atomic E-state index is -0.638. The Kier molecular flexibility index (Phi) is 4.13. The molecule has 0 atom stereocenters. The van der Waals surface area contributed by atoms with Gasteiger partial charge in [-0.3, -0.25) is 9.69 Å². The van der Waals surface area contributed by atoms with E-state index in [9.17, 15) is 9.18 Å². The molecule has 0 bridgehead atoms. The van der Waals surface area contributed by atoms with Crippen molar-refractivity contribution < 1.29 is 13.9 Å². The summed E-state index contributed by atoms with van der Waals surface area (Å²) in [5.41, 5.74) is 5.72. The van der Waals surface area contributed by atoms with Gasteiger partial charge in [-0.2, -0.15) is 0 Å². The first-order valence-electron chi connectivity index (χ1n) is 6.60. The van der Waals surface area contributed by atoms with Crippen LogP contribution in [0.2, 0.25) is 0 Å². The van der Waals surface area contributed by atoms with Crippen LogP contribution in [0.25, 0.3) is 0 Å². The van der Waals surface area contributed by atoms with Crippen molar-refractivity contribution in [1.82, 2.24) is 10.2 Å². The van der Waals surface area contributed by atoms with Crippen LogP contribution in [-0.4, -0.2) is 43.1 Å². The van der Waals surface area contributed by atoms with E-state index >= 15 is 0 Å². The number of hydrogen-bond donors (Lipinski definition) is 2. The zero-order valence-corrected chi connectivity index (χ0v) is 11.9. The maximum Gasteiger partial charge on any atom is 0.254 e. The number of carbonyl (C=O) groups excluding carboxylic acids is 1. The second kappa shape index (κ2) is 5.66. The van der Waals surface area contributed by atoms with Gasteiger partial charge in [0.05, 0.1) is 24.4 Å². The predicted octanol–water partition coefficient (Wildman–Crippen LogP) is 1.24. The van der Waals surface area contributed by atoms with E-state index in [1.165, 1.54) is 13.2 Å². The highest BCUT2D eigenvalue weighted by atomic mass is 19.1. The number of nitrogen functional groups attached to an aromatic ring is 1. The highest BCUT2D eigenvalue weighted by Gasteiger charge is 2.30. The molecule has 6 heteroatoms. The fraction of sp³-hybridized carbons (Fsp3) is 0.500. The number of carbonyl (C=O) groups is 1.